The van der Waals surface area contributed by atoms with E-state index in [0.717, 1.165) is 11.3 Å². The molecule has 6 nitrogen and oxygen atoms in total. The highest BCUT2D eigenvalue weighted by Crippen LogP contribution is 2.12. The molecule has 0 N–H and O–H groups in total. The molecular weight excluding hydrogens is 310 g/mol. The molecule has 3 aromatic heterocycles. The lowest BCUT2D eigenvalue weighted by molar-refractivity contribution is 0.809. The second kappa shape index (κ2) is 5.62. The van der Waals surface area contributed by atoms with E-state index in [0.29, 0.717) is 11.0 Å². The molecule has 0 aliphatic heterocycles. The first-order chi connectivity index (χ1) is 11.3. The van der Waals surface area contributed by atoms with Crippen LogP contribution in [0.2, 0.25) is 0 Å². The molecule has 0 aliphatic rings. The second-order valence-corrected chi connectivity index (χ2v) is 5.60. The van der Waals surface area contributed by atoms with Gasteiger partial charge in [-0.1, -0.05) is 18.2 Å². The molecule has 0 amide bonds. The average Bonchev–Trinajstić information content (AvgIpc) is 3.25. The molecule has 0 unspecified atom stereocenters. The summed E-state index contributed by atoms with van der Waals surface area (Å²) in [7, 11) is 0. The summed E-state index contributed by atoms with van der Waals surface area (Å²) in [5.41, 5.74) is 2.07. The molecule has 0 atom stereocenters. The quantitative estimate of drug-likeness (QED) is 0.545. The van der Waals surface area contributed by atoms with Crippen molar-refractivity contribution in [2.24, 2.45) is 5.10 Å². The van der Waals surface area contributed by atoms with E-state index in [1.165, 1.54) is 17.2 Å². The Balaban J connectivity index is 1.80. The van der Waals surface area contributed by atoms with E-state index in [9.17, 15) is 4.79 Å². The van der Waals surface area contributed by atoms with Gasteiger partial charge in [0.25, 0.3) is 5.56 Å². The molecule has 0 spiro atoms. The molecule has 0 saturated carbocycles. The fourth-order valence-electron chi connectivity index (χ4n) is 2.22. The molecule has 4 rings (SSSR count). The van der Waals surface area contributed by atoms with Crippen LogP contribution >= 0.6 is 11.3 Å². The minimum absolute atomic E-state index is 0.247. The molecule has 0 fully saturated rings. The van der Waals surface area contributed by atoms with Crippen LogP contribution in [0.15, 0.2) is 69.6 Å². The van der Waals surface area contributed by atoms with Crippen LogP contribution in [0, 0.1) is 0 Å². The van der Waals surface area contributed by atoms with Gasteiger partial charge < -0.3 is 0 Å². The smallest absolute Gasteiger partial charge is 0.266 e. The predicted octanol–water partition coefficient (Wildman–Crippen LogP) is 2.53. The second-order valence-electron chi connectivity index (χ2n) is 4.82. The summed E-state index contributed by atoms with van der Waals surface area (Å²) in [6.07, 6.45) is 4.57. The molecular formula is C16H11N5OS. The van der Waals surface area contributed by atoms with Gasteiger partial charge in [-0.2, -0.15) is 26.2 Å². The predicted molar refractivity (Wildman–Crippen MR) is 90.4 cm³/mol. The zero-order valence-electron chi connectivity index (χ0n) is 11.9. The average molecular weight is 321 g/mol. The first-order valence-electron chi connectivity index (χ1n) is 6.90. The number of fused-ring (bicyclic) bond motifs is 1. The van der Waals surface area contributed by atoms with Crippen LogP contribution in [-0.4, -0.2) is 25.7 Å². The van der Waals surface area contributed by atoms with Gasteiger partial charge in [-0.15, -0.1) is 0 Å². The van der Waals surface area contributed by atoms with Crippen molar-refractivity contribution in [2.75, 3.05) is 0 Å². The Hall–Kier alpha value is -3.06. The van der Waals surface area contributed by atoms with E-state index in [-0.39, 0.29) is 5.56 Å². The van der Waals surface area contributed by atoms with Gasteiger partial charge in [0.05, 0.1) is 18.1 Å². The Kier molecular flexibility index (Phi) is 3.32. The number of hydrogen-bond acceptors (Lipinski definition) is 5. The summed E-state index contributed by atoms with van der Waals surface area (Å²) in [5.74, 6) is 0. The number of nitrogens with zero attached hydrogens (tertiary/aromatic N) is 5. The van der Waals surface area contributed by atoms with Crippen molar-refractivity contribution in [3.05, 3.63) is 75.6 Å². The number of aromatic nitrogens is 4. The minimum Gasteiger partial charge on any atom is -0.266 e. The summed E-state index contributed by atoms with van der Waals surface area (Å²) in [5, 5.41) is 12.8. The number of para-hydroxylation sites is 1. The Morgan fingerprint density at radius 1 is 1.17 bits per heavy atom. The third kappa shape index (κ3) is 2.47. The van der Waals surface area contributed by atoms with Crippen LogP contribution in [0.25, 0.3) is 16.7 Å². The zero-order chi connectivity index (χ0) is 15.6. The maximum atomic E-state index is 12.5. The Morgan fingerprint density at radius 3 is 2.83 bits per heavy atom. The van der Waals surface area contributed by atoms with E-state index < -0.39 is 0 Å². The third-order valence-electron chi connectivity index (χ3n) is 3.35. The lowest BCUT2D eigenvalue weighted by Crippen LogP contribution is -2.17. The van der Waals surface area contributed by atoms with E-state index in [2.05, 4.69) is 15.2 Å². The van der Waals surface area contributed by atoms with Crippen LogP contribution in [0.5, 0.6) is 0 Å². The Labute approximate surface area is 135 Å². The fourth-order valence-corrected chi connectivity index (χ4v) is 2.83. The van der Waals surface area contributed by atoms with Crippen LogP contribution in [0.4, 0.5) is 0 Å². The summed E-state index contributed by atoms with van der Waals surface area (Å²) in [6.45, 7) is 0. The number of hydrogen-bond donors (Lipinski definition) is 0. The fraction of sp³-hybridized carbons (Fsp3) is 0. The van der Waals surface area contributed by atoms with Crippen molar-refractivity contribution in [1.29, 1.82) is 0 Å². The molecule has 3 heterocycles. The highest BCUT2D eigenvalue weighted by molar-refractivity contribution is 7.08. The van der Waals surface area contributed by atoms with Gasteiger partial charge in [0.15, 0.2) is 5.65 Å². The maximum Gasteiger partial charge on any atom is 0.285 e. The number of rotatable bonds is 3. The molecule has 7 heteroatoms. The summed E-state index contributed by atoms with van der Waals surface area (Å²) in [4.78, 5) is 16.8. The topological polar surface area (TPSA) is 65.1 Å². The van der Waals surface area contributed by atoms with Gasteiger partial charge in [0.2, 0.25) is 0 Å². The lowest BCUT2D eigenvalue weighted by Gasteiger charge is -2.02. The highest BCUT2D eigenvalue weighted by atomic mass is 32.1. The standard InChI is InChI=1S/C16H11N5OS/c22-16-14-9-19-21(13-4-2-1-3-5-13)15(14)17-11-20(16)18-8-12-6-7-23-10-12/h1-11H/b18-8-. The van der Waals surface area contributed by atoms with Crippen LogP contribution < -0.4 is 5.56 Å². The van der Waals surface area contributed by atoms with E-state index in [1.807, 2.05) is 47.2 Å². The molecule has 0 radical (unpaired) electrons. The summed E-state index contributed by atoms with van der Waals surface area (Å²) < 4.78 is 2.86. The Morgan fingerprint density at radius 2 is 2.04 bits per heavy atom. The molecule has 1 aromatic carbocycles. The highest BCUT2D eigenvalue weighted by Gasteiger charge is 2.10. The van der Waals surface area contributed by atoms with Gasteiger partial charge in [0.1, 0.15) is 11.7 Å². The lowest BCUT2D eigenvalue weighted by atomic mass is 10.3. The SMILES string of the molecule is O=c1c2cnn(-c3ccccc3)c2ncn1/N=C\c1ccsc1. The van der Waals surface area contributed by atoms with Gasteiger partial charge in [-0.05, 0) is 29.0 Å². The van der Waals surface area contributed by atoms with Gasteiger partial charge in [0, 0.05) is 5.56 Å². The van der Waals surface area contributed by atoms with Crippen molar-refractivity contribution in [3.63, 3.8) is 0 Å². The molecule has 0 saturated heterocycles. The maximum absolute atomic E-state index is 12.5. The van der Waals surface area contributed by atoms with Gasteiger partial charge in [-0.25, -0.2) is 9.67 Å². The van der Waals surface area contributed by atoms with E-state index in [4.69, 9.17) is 0 Å². The van der Waals surface area contributed by atoms with Crippen molar-refractivity contribution in [3.8, 4) is 5.69 Å². The van der Waals surface area contributed by atoms with Gasteiger partial charge >= 0.3 is 0 Å². The molecule has 23 heavy (non-hydrogen) atoms. The van der Waals surface area contributed by atoms with Crippen LogP contribution in [0.3, 0.4) is 0 Å². The first-order valence-corrected chi connectivity index (χ1v) is 7.84. The molecule has 0 aliphatic carbocycles. The normalized spacial score (nSPS) is 11.5. The van der Waals surface area contributed by atoms with Gasteiger partial charge in [-0.3, -0.25) is 4.79 Å². The number of benzene rings is 1. The first kappa shape index (κ1) is 13.6. The number of thiophene rings is 1. The zero-order valence-corrected chi connectivity index (χ0v) is 12.7. The summed E-state index contributed by atoms with van der Waals surface area (Å²) in [6, 6.07) is 11.5. The van der Waals surface area contributed by atoms with Crippen molar-refractivity contribution >= 4 is 28.6 Å². The van der Waals surface area contributed by atoms with E-state index in [1.54, 1.807) is 22.2 Å². The minimum atomic E-state index is -0.247. The molecule has 4 aromatic rings. The van der Waals surface area contributed by atoms with Crippen LogP contribution in [-0.2, 0) is 0 Å². The van der Waals surface area contributed by atoms with Crippen LogP contribution in [0.1, 0.15) is 5.56 Å². The third-order valence-corrected chi connectivity index (χ3v) is 4.05. The molecule has 112 valence electrons. The van der Waals surface area contributed by atoms with Crippen molar-refractivity contribution < 1.29 is 0 Å². The monoisotopic (exact) mass is 321 g/mol. The van der Waals surface area contributed by atoms with Crippen molar-refractivity contribution in [2.45, 2.75) is 0 Å². The van der Waals surface area contributed by atoms with E-state index >= 15 is 0 Å². The van der Waals surface area contributed by atoms with Crippen molar-refractivity contribution in [1.82, 2.24) is 19.4 Å². The Bertz CT molecular complexity index is 1030. The molecule has 0 bridgehead atoms. The largest absolute Gasteiger partial charge is 0.285 e. The summed E-state index contributed by atoms with van der Waals surface area (Å²) >= 11 is 1.57.